The van der Waals surface area contributed by atoms with Gasteiger partial charge in [-0.25, -0.2) is 0 Å². The Morgan fingerprint density at radius 1 is 1.69 bits per heavy atom. The molecule has 1 fully saturated rings. The highest BCUT2D eigenvalue weighted by Gasteiger charge is 2.34. The summed E-state index contributed by atoms with van der Waals surface area (Å²) in [5.74, 6) is -0.204. The van der Waals surface area contributed by atoms with E-state index in [9.17, 15) is 4.79 Å². The summed E-state index contributed by atoms with van der Waals surface area (Å²) < 4.78 is 5.29. The zero-order valence-electron chi connectivity index (χ0n) is 10.1. The Kier molecular flexibility index (Phi) is 4.71. The first-order valence-corrected chi connectivity index (χ1v) is 5.49. The van der Waals surface area contributed by atoms with Crippen molar-refractivity contribution in [1.82, 2.24) is 10.2 Å². The van der Waals surface area contributed by atoms with Crippen molar-refractivity contribution in [2.45, 2.75) is 13.0 Å². The van der Waals surface area contributed by atoms with E-state index in [0.717, 1.165) is 0 Å². The van der Waals surface area contributed by atoms with Gasteiger partial charge in [0.25, 0.3) is 0 Å². The Morgan fingerprint density at radius 3 is 2.94 bits per heavy atom. The third kappa shape index (κ3) is 2.94. The Hall–Kier alpha value is -1.12. The normalized spacial score (nSPS) is 26.1. The fraction of sp³-hybridized carbons (Fsp3) is 0.818. The van der Waals surface area contributed by atoms with Crippen LogP contribution < -0.4 is 5.32 Å². The number of likely N-dealkylation sites (N-methyl/N-ethyl adjacent to an activating group) is 1. The highest BCUT2D eigenvalue weighted by Crippen LogP contribution is 2.16. The number of ether oxygens (including phenoxy) is 1. The van der Waals surface area contributed by atoms with Gasteiger partial charge in [0.05, 0.1) is 31.1 Å². The Morgan fingerprint density at radius 2 is 2.38 bits per heavy atom. The van der Waals surface area contributed by atoms with Crippen LogP contribution in [0, 0.1) is 23.2 Å². The van der Waals surface area contributed by atoms with Gasteiger partial charge in [-0.05, 0) is 14.0 Å². The van der Waals surface area contributed by atoms with Gasteiger partial charge in [-0.15, -0.1) is 0 Å². The van der Waals surface area contributed by atoms with Gasteiger partial charge in [0.15, 0.2) is 0 Å². The van der Waals surface area contributed by atoms with E-state index in [1.165, 1.54) is 0 Å². The third-order valence-electron chi connectivity index (χ3n) is 2.91. The SMILES string of the molecule is CNC1COCC1C(=O)N(C)CC(C)C#N. The van der Waals surface area contributed by atoms with Crippen molar-refractivity contribution in [2.24, 2.45) is 11.8 Å². The number of carbonyl (C=O) groups excluding carboxylic acids is 1. The van der Waals surface area contributed by atoms with E-state index < -0.39 is 0 Å². The van der Waals surface area contributed by atoms with Crippen LogP contribution in [0.25, 0.3) is 0 Å². The third-order valence-corrected chi connectivity index (χ3v) is 2.91. The summed E-state index contributed by atoms with van der Waals surface area (Å²) in [4.78, 5) is 13.7. The van der Waals surface area contributed by atoms with Gasteiger partial charge in [0.1, 0.15) is 0 Å². The predicted molar refractivity (Wildman–Crippen MR) is 59.6 cm³/mol. The average molecular weight is 225 g/mol. The fourth-order valence-electron chi connectivity index (χ4n) is 1.91. The summed E-state index contributed by atoms with van der Waals surface area (Å²) >= 11 is 0. The second kappa shape index (κ2) is 5.83. The molecule has 0 bridgehead atoms. The van der Waals surface area contributed by atoms with Gasteiger partial charge in [-0.2, -0.15) is 5.26 Å². The fourth-order valence-corrected chi connectivity index (χ4v) is 1.91. The van der Waals surface area contributed by atoms with Crippen LogP contribution in [-0.4, -0.2) is 50.7 Å². The van der Waals surface area contributed by atoms with Crippen molar-refractivity contribution in [3.63, 3.8) is 0 Å². The second-order valence-corrected chi connectivity index (χ2v) is 4.29. The van der Waals surface area contributed by atoms with Crippen LogP contribution in [0.1, 0.15) is 6.92 Å². The molecule has 1 aliphatic heterocycles. The number of nitriles is 1. The summed E-state index contributed by atoms with van der Waals surface area (Å²) in [5, 5.41) is 11.8. The highest BCUT2D eigenvalue weighted by atomic mass is 16.5. The summed E-state index contributed by atoms with van der Waals surface area (Å²) in [6.07, 6.45) is 0. The van der Waals surface area contributed by atoms with Crippen LogP contribution in [0.5, 0.6) is 0 Å². The quantitative estimate of drug-likeness (QED) is 0.722. The number of hydrogen-bond donors (Lipinski definition) is 1. The van der Waals surface area contributed by atoms with Gasteiger partial charge in [-0.1, -0.05) is 0 Å². The minimum Gasteiger partial charge on any atom is -0.379 e. The first-order valence-electron chi connectivity index (χ1n) is 5.49. The maximum atomic E-state index is 12.1. The molecule has 0 saturated carbocycles. The molecule has 5 heteroatoms. The molecule has 16 heavy (non-hydrogen) atoms. The summed E-state index contributed by atoms with van der Waals surface area (Å²) in [6.45, 7) is 3.33. The molecule has 1 N–H and O–H groups in total. The molecule has 5 nitrogen and oxygen atoms in total. The van der Waals surface area contributed by atoms with Gasteiger partial charge in [0.2, 0.25) is 5.91 Å². The largest absolute Gasteiger partial charge is 0.379 e. The first-order chi connectivity index (χ1) is 7.60. The van der Waals surface area contributed by atoms with E-state index in [4.69, 9.17) is 10.00 Å². The van der Waals surface area contributed by atoms with E-state index in [1.807, 2.05) is 14.0 Å². The Labute approximate surface area is 96.4 Å². The van der Waals surface area contributed by atoms with Gasteiger partial charge >= 0.3 is 0 Å². The van der Waals surface area contributed by atoms with Crippen molar-refractivity contribution in [2.75, 3.05) is 33.9 Å². The van der Waals surface area contributed by atoms with Crippen LogP contribution in [0.15, 0.2) is 0 Å². The molecular formula is C11H19N3O2. The number of rotatable bonds is 4. The van der Waals surface area contributed by atoms with Crippen molar-refractivity contribution in [3.8, 4) is 6.07 Å². The molecule has 0 aromatic heterocycles. The van der Waals surface area contributed by atoms with E-state index in [-0.39, 0.29) is 23.8 Å². The standard InChI is InChI=1S/C11H19N3O2/c1-8(4-12)5-14(3)11(15)9-6-16-7-10(9)13-2/h8-10,13H,5-7H2,1-3H3. The maximum Gasteiger partial charge on any atom is 0.229 e. The van der Waals surface area contributed by atoms with Crippen LogP contribution in [0.4, 0.5) is 0 Å². The number of nitrogens with one attached hydrogen (secondary N) is 1. The molecule has 3 atom stereocenters. The lowest BCUT2D eigenvalue weighted by Crippen LogP contribution is -2.44. The molecule has 1 heterocycles. The zero-order valence-corrected chi connectivity index (χ0v) is 10.1. The van der Waals surface area contributed by atoms with Crippen molar-refractivity contribution < 1.29 is 9.53 Å². The molecule has 0 radical (unpaired) electrons. The summed E-state index contributed by atoms with van der Waals surface area (Å²) in [5.41, 5.74) is 0. The summed E-state index contributed by atoms with van der Waals surface area (Å²) in [6, 6.07) is 2.22. The van der Waals surface area contributed by atoms with Crippen molar-refractivity contribution in [1.29, 1.82) is 5.26 Å². The smallest absolute Gasteiger partial charge is 0.229 e. The lowest BCUT2D eigenvalue weighted by Gasteiger charge is -2.24. The lowest BCUT2D eigenvalue weighted by molar-refractivity contribution is -0.134. The summed E-state index contributed by atoms with van der Waals surface area (Å²) in [7, 11) is 3.57. The Balaban J connectivity index is 2.53. The van der Waals surface area contributed by atoms with Crippen LogP contribution in [0.2, 0.25) is 0 Å². The van der Waals surface area contributed by atoms with E-state index in [1.54, 1.807) is 11.9 Å². The monoisotopic (exact) mass is 225 g/mol. The van der Waals surface area contributed by atoms with Crippen molar-refractivity contribution in [3.05, 3.63) is 0 Å². The molecule has 0 aromatic carbocycles. The zero-order chi connectivity index (χ0) is 12.1. The number of nitrogens with zero attached hydrogens (tertiary/aromatic N) is 2. The van der Waals surface area contributed by atoms with E-state index in [0.29, 0.717) is 19.8 Å². The molecule has 0 spiro atoms. The van der Waals surface area contributed by atoms with E-state index >= 15 is 0 Å². The molecule has 3 unspecified atom stereocenters. The Bertz CT molecular complexity index is 287. The first kappa shape index (κ1) is 12.9. The molecule has 90 valence electrons. The van der Waals surface area contributed by atoms with E-state index in [2.05, 4.69) is 11.4 Å². The van der Waals surface area contributed by atoms with Crippen LogP contribution in [0.3, 0.4) is 0 Å². The number of carbonyl (C=O) groups is 1. The van der Waals surface area contributed by atoms with Crippen molar-refractivity contribution >= 4 is 5.91 Å². The maximum absolute atomic E-state index is 12.1. The van der Waals surface area contributed by atoms with Crippen LogP contribution >= 0.6 is 0 Å². The molecule has 1 rings (SSSR count). The second-order valence-electron chi connectivity index (χ2n) is 4.29. The van der Waals surface area contributed by atoms with Gasteiger partial charge < -0.3 is 15.0 Å². The molecule has 1 saturated heterocycles. The van der Waals surface area contributed by atoms with Gasteiger partial charge in [-0.3, -0.25) is 4.79 Å². The minimum atomic E-state index is -0.135. The molecule has 0 aliphatic carbocycles. The molecule has 1 aliphatic rings. The predicted octanol–water partition coefficient (Wildman–Crippen LogP) is -0.161. The average Bonchev–Trinajstić information content (AvgIpc) is 2.75. The highest BCUT2D eigenvalue weighted by molar-refractivity contribution is 5.79. The number of hydrogen-bond acceptors (Lipinski definition) is 4. The lowest BCUT2D eigenvalue weighted by atomic mass is 10.0. The van der Waals surface area contributed by atoms with Gasteiger partial charge in [0, 0.05) is 19.6 Å². The topological polar surface area (TPSA) is 65.4 Å². The minimum absolute atomic E-state index is 0.0546. The molecular weight excluding hydrogens is 206 g/mol. The molecule has 1 amide bonds. The molecule has 0 aromatic rings. The number of amides is 1. The van der Waals surface area contributed by atoms with Crippen LogP contribution in [-0.2, 0) is 9.53 Å².